The molecule has 7 rings (SSSR count). The van der Waals surface area contributed by atoms with Gasteiger partial charge in [0.1, 0.15) is 5.82 Å². The second-order valence-corrected chi connectivity index (χ2v) is 14.5. The third kappa shape index (κ3) is 7.78. The van der Waals surface area contributed by atoms with Gasteiger partial charge in [-0.2, -0.15) is 4.31 Å². The molecule has 3 aromatic heterocycles. The molecule has 1 aliphatic rings. The van der Waals surface area contributed by atoms with Crippen LogP contribution in [0.2, 0.25) is 0 Å². The second-order valence-electron chi connectivity index (χ2n) is 12.6. The number of fused-ring (bicyclic) bond motifs is 1. The number of hydrogen-bond acceptors (Lipinski definition) is 8. The fourth-order valence-electron chi connectivity index (χ4n) is 6.67. The van der Waals surface area contributed by atoms with E-state index in [1.54, 1.807) is 24.4 Å². The van der Waals surface area contributed by atoms with Gasteiger partial charge in [0.2, 0.25) is 0 Å². The number of H-pyrrole nitrogens is 1. The third-order valence-corrected chi connectivity index (χ3v) is 11.0. The molecular weight excluding hydrogens is 663 g/mol. The van der Waals surface area contributed by atoms with Crippen LogP contribution in [0.3, 0.4) is 0 Å². The Morgan fingerprint density at radius 1 is 0.765 bits per heavy atom. The molecule has 12 heteroatoms. The van der Waals surface area contributed by atoms with E-state index in [2.05, 4.69) is 33.1 Å². The standard InChI is InChI=1S/C39H37N7O4S/c47-46(48)35-15-4-5-17-37(35)51(49,50)45(27-33-14-6-7-22-40-33)26-30-20-18-29(19-21-30)25-44(36-16-8-12-32-13-9-23-41-39(32)36)28-38-42-24-34(43-38)31-10-2-1-3-11-31/h1-7,9-11,13-15,17-24,36H,8,12,16,25-28H2,(H,42,43). The van der Waals surface area contributed by atoms with E-state index in [0.717, 1.165) is 53.2 Å². The zero-order valence-electron chi connectivity index (χ0n) is 27.9. The van der Waals surface area contributed by atoms with Gasteiger partial charge in [-0.1, -0.05) is 78.9 Å². The van der Waals surface area contributed by atoms with Crippen molar-refractivity contribution in [2.45, 2.75) is 56.4 Å². The Kier molecular flexibility index (Phi) is 10.1. The van der Waals surface area contributed by atoms with Crippen molar-refractivity contribution in [2.75, 3.05) is 0 Å². The molecular formula is C39H37N7O4S. The highest BCUT2D eigenvalue weighted by Crippen LogP contribution is 2.35. The first-order valence-corrected chi connectivity index (χ1v) is 18.3. The van der Waals surface area contributed by atoms with Crippen LogP contribution in [0.4, 0.5) is 5.69 Å². The number of aromatic amines is 1. The maximum atomic E-state index is 14.0. The number of benzene rings is 3. The number of para-hydroxylation sites is 1. The maximum absolute atomic E-state index is 14.0. The average Bonchev–Trinajstić information content (AvgIpc) is 3.64. The zero-order valence-corrected chi connectivity index (χ0v) is 28.7. The van der Waals surface area contributed by atoms with E-state index in [-0.39, 0.29) is 24.0 Å². The molecule has 0 aliphatic heterocycles. The summed E-state index contributed by atoms with van der Waals surface area (Å²) in [4.78, 5) is 30.6. The molecule has 11 nitrogen and oxygen atoms in total. The molecule has 3 aromatic carbocycles. The minimum atomic E-state index is -4.27. The lowest BCUT2D eigenvalue weighted by atomic mass is 9.90. The number of sulfonamides is 1. The molecule has 258 valence electrons. The average molecular weight is 700 g/mol. The molecule has 1 aliphatic carbocycles. The van der Waals surface area contributed by atoms with E-state index < -0.39 is 20.6 Å². The highest BCUT2D eigenvalue weighted by Gasteiger charge is 2.32. The van der Waals surface area contributed by atoms with Crippen LogP contribution < -0.4 is 0 Å². The van der Waals surface area contributed by atoms with Crippen molar-refractivity contribution in [1.29, 1.82) is 0 Å². The van der Waals surface area contributed by atoms with Gasteiger partial charge in [-0.3, -0.25) is 25.0 Å². The Labute approximate surface area is 296 Å². The fourth-order valence-corrected chi connectivity index (χ4v) is 8.22. The van der Waals surface area contributed by atoms with Gasteiger partial charge in [-0.15, -0.1) is 0 Å². The summed E-state index contributed by atoms with van der Waals surface area (Å²) in [6.45, 7) is 1.16. The summed E-state index contributed by atoms with van der Waals surface area (Å²) in [6.07, 6.45) is 8.37. The Morgan fingerprint density at radius 2 is 1.49 bits per heavy atom. The smallest absolute Gasteiger partial charge is 0.289 e. The molecule has 51 heavy (non-hydrogen) atoms. The van der Waals surface area contributed by atoms with E-state index in [1.807, 2.05) is 60.9 Å². The van der Waals surface area contributed by atoms with Gasteiger partial charge in [-0.25, -0.2) is 13.4 Å². The van der Waals surface area contributed by atoms with Crippen LogP contribution in [-0.4, -0.2) is 42.5 Å². The number of aryl methyl sites for hydroxylation is 1. The van der Waals surface area contributed by atoms with Gasteiger partial charge < -0.3 is 4.98 Å². The Hall–Kier alpha value is -5.56. The first kappa shape index (κ1) is 33.9. The number of nitro groups is 1. The van der Waals surface area contributed by atoms with Crippen molar-refractivity contribution in [1.82, 2.24) is 29.1 Å². The summed E-state index contributed by atoms with van der Waals surface area (Å²) >= 11 is 0. The Morgan fingerprint density at radius 3 is 2.25 bits per heavy atom. The summed E-state index contributed by atoms with van der Waals surface area (Å²) in [5, 5.41) is 11.8. The summed E-state index contributed by atoms with van der Waals surface area (Å²) in [5.74, 6) is 0.860. The predicted molar refractivity (Wildman–Crippen MR) is 193 cm³/mol. The van der Waals surface area contributed by atoms with Crippen LogP contribution in [0.1, 0.15) is 52.8 Å². The van der Waals surface area contributed by atoms with Crippen molar-refractivity contribution in [3.63, 3.8) is 0 Å². The van der Waals surface area contributed by atoms with Crippen LogP contribution in [0.5, 0.6) is 0 Å². The van der Waals surface area contributed by atoms with Crippen molar-refractivity contribution in [3.05, 3.63) is 172 Å². The minimum absolute atomic E-state index is 0.00350. The van der Waals surface area contributed by atoms with Gasteiger partial charge in [0.15, 0.2) is 4.90 Å². The second kappa shape index (κ2) is 15.1. The number of rotatable bonds is 13. The lowest BCUT2D eigenvalue weighted by Crippen LogP contribution is -2.32. The van der Waals surface area contributed by atoms with E-state index in [1.165, 1.54) is 34.1 Å². The van der Waals surface area contributed by atoms with E-state index in [0.29, 0.717) is 18.8 Å². The van der Waals surface area contributed by atoms with Crippen molar-refractivity contribution in [3.8, 4) is 11.3 Å². The van der Waals surface area contributed by atoms with Crippen LogP contribution in [-0.2, 0) is 42.6 Å². The monoisotopic (exact) mass is 699 g/mol. The molecule has 0 spiro atoms. The molecule has 0 amide bonds. The summed E-state index contributed by atoms with van der Waals surface area (Å²) in [7, 11) is -4.27. The number of nitrogens with one attached hydrogen (secondary N) is 1. The lowest BCUT2D eigenvalue weighted by molar-refractivity contribution is -0.387. The number of imidazole rings is 1. The Balaban J connectivity index is 1.16. The normalized spacial score (nSPS) is 14.4. The SMILES string of the molecule is O=[N+]([O-])c1ccccc1S(=O)(=O)N(Cc1ccc(CN(Cc2ncc(-c3ccccc3)[nH]2)C2CCCc3cccnc32)cc1)Cc1ccccn1. The topological polar surface area (TPSA) is 138 Å². The van der Waals surface area contributed by atoms with E-state index in [4.69, 9.17) is 9.97 Å². The molecule has 1 N–H and O–H groups in total. The number of nitro benzene ring substituents is 1. The van der Waals surface area contributed by atoms with Crippen LogP contribution >= 0.6 is 0 Å². The molecule has 1 unspecified atom stereocenters. The molecule has 3 heterocycles. The fraction of sp³-hybridized carbons (Fsp3) is 0.205. The van der Waals surface area contributed by atoms with Gasteiger partial charge in [-0.05, 0) is 65.8 Å². The summed E-state index contributed by atoms with van der Waals surface area (Å²) in [5.41, 5.74) is 6.26. The van der Waals surface area contributed by atoms with Crippen LogP contribution in [0.15, 0.2) is 133 Å². The highest BCUT2D eigenvalue weighted by atomic mass is 32.2. The molecule has 0 radical (unpaired) electrons. The van der Waals surface area contributed by atoms with Crippen molar-refractivity contribution < 1.29 is 13.3 Å². The summed E-state index contributed by atoms with van der Waals surface area (Å²) < 4.78 is 29.2. The largest absolute Gasteiger partial charge is 0.341 e. The van der Waals surface area contributed by atoms with Crippen LogP contribution in [0.25, 0.3) is 11.3 Å². The number of pyridine rings is 2. The highest BCUT2D eigenvalue weighted by molar-refractivity contribution is 7.89. The molecule has 1 atom stereocenters. The molecule has 6 aromatic rings. The van der Waals surface area contributed by atoms with Crippen molar-refractivity contribution >= 4 is 15.7 Å². The molecule has 0 saturated heterocycles. The Bertz CT molecular complexity index is 2210. The van der Waals surface area contributed by atoms with Gasteiger partial charge >= 0.3 is 0 Å². The zero-order chi connectivity index (χ0) is 35.2. The van der Waals surface area contributed by atoms with Crippen molar-refractivity contribution in [2.24, 2.45) is 0 Å². The first-order valence-electron chi connectivity index (χ1n) is 16.8. The number of aromatic nitrogens is 4. The minimum Gasteiger partial charge on any atom is -0.341 e. The summed E-state index contributed by atoms with van der Waals surface area (Å²) in [6, 6.07) is 32.9. The van der Waals surface area contributed by atoms with Gasteiger partial charge in [0, 0.05) is 31.5 Å². The quantitative estimate of drug-likeness (QED) is 0.0983. The molecule has 0 bridgehead atoms. The number of nitrogens with zero attached hydrogens (tertiary/aromatic N) is 6. The number of hydrogen-bond donors (Lipinski definition) is 1. The maximum Gasteiger partial charge on any atom is 0.289 e. The lowest BCUT2D eigenvalue weighted by Gasteiger charge is -2.34. The third-order valence-electron chi connectivity index (χ3n) is 9.18. The van der Waals surface area contributed by atoms with E-state index >= 15 is 0 Å². The predicted octanol–water partition coefficient (Wildman–Crippen LogP) is 7.25. The molecule has 0 saturated carbocycles. The van der Waals surface area contributed by atoms with E-state index in [9.17, 15) is 18.5 Å². The van der Waals surface area contributed by atoms with Crippen LogP contribution in [0, 0.1) is 10.1 Å². The molecule has 0 fully saturated rings. The van der Waals surface area contributed by atoms with Gasteiger partial charge in [0.25, 0.3) is 15.7 Å². The van der Waals surface area contributed by atoms with Gasteiger partial charge in [0.05, 0.1) is 47.3 Å². The first-order chi connectivity index (χ1) is 24.8.